The summed E-state index contributed by atoms with van der Waals surface area (Å²) in [5, 5.41) is 5.30. The molecule has 0 fully saturated rings. The summed E-state index contributed by atoms with van der Waals surface area (Å²) in [7, 11) is 0. The van der Waals surface area contributed by atoms with E-state index in [4.69, 9.17) is 17.3 Å². The molecule has 2 aromatic rings. The van der Waals surface area contributed by atoms with Crippen LogP contribution in [0.1, 0.15) is 17.0 Å². The molecular formula is C13H16ClN3. The number of nitrogens with two attached hydrogens (primary N) is 1. The number of aryl methyl sites for hydroxylation is 2. The molecule has 0 saturated heterocycles. The minimum atomic E-state index is 0.621. The van der Waals surface area contributed by atoms with Crippen LogP contribution in [-0.4, -0.2) is 16.3 Å². The Kier molecular flexibility index (Phi) is 3.50. The van der Waals surface area contributed by atoms with Gasteiger partial charge in [-0.05, 0) is 50.2 Å². The first-order valence-electron chi connectivity index (χ1n) is 5.64. The molecule has 2 N–H and O–H groups in total. The second kappa shape index (κ2) is 4.90. The van der Waals surface area contributed by atoms with Gasteiger partial charge in [0.2, 0.25) is 0 Å². The van der Waals surface area contributed by atoms with Crippen molar-refractivity contribution in [2.75, 3.05) is 6.54 Å². The number of rotatable bonds is 3. The van der Waals surface area contributed by atoms with Gasteiger partial charge in [0.25, 0.3) is 0 Å². The van der Waals surface area contributed by atoms with Crippen molar-refractivity contribution in [3.63, 3.8) is 0 Å². The van der Waals surface area contributed by atoms with E-state index in [1.165, 1.54) is 0 Å². The van der Waals surface area contributed by atoms with Crippen LogP contribution in [0.3, 0.4) is 0 Å². The second-order valence-corrected chi connectivity index (χ2v) is 4.59. The maximum atomic E-state index is 5.95. The quantitative estimate of drug-likeness (QED) is 0.909. The van der Waals surface area contributed by atoms with Gasteiger partial charge in [0, 0.05) is 17.1 Å². The van der Waals surface area contributed by atoms with Crippen LogP contribution in [0.25, 0.3) is 5.69 Å². The molecule has 0 spiro atoms. The van der Waals surface area contributed by atoms with E-state index >= 15 is 0 Å². The standard InChI is InChI=1S/C13H16ClN3/c1-9-7-11(14)3-4-13(9)17-10(2)8-12(16-17)5-6-15/h3-4,7-8H,5-6,15H2,1-2H3. The lowest BCUT2D eigenvalue weighted by atomic mass is 10.2. The minimum absolute atomic E-state index is 0.621. The number of halogens is 1. The molecule has 0 atom stereocenters. The molecular weight excluding hydrogens is 234 g/mol. The first-order valence-corrected chi connectivity index (χ1v) is 6.01. The van der Waals surface area contributed by atoms with Gasteiger partial charge >= 0.3 is 0 Å². The van der Waals surface area contributed by atoms with Crippen molar-refractivity contribution < 1.29 is 0 Å². The fraction of sp³-hybridized carbons (Fsp3) is 0.308. The highest BCUT2D eigenvalue weighted by molar-refractivity contribution is 6.30. The summed E-state index contributed by atoms with van der Waals surface area (Å²) >= 11 is 5.95. The molecule has 0 unspecified atom stereocenters. The third-order valence-corrected chi connectivity index (χ3v) is 2.96. The van der Waals surface area contributed by atoms with E-state index < -0.39 is 0 Å². The molecule has 0 saturated carbocycles. The zero-order valence-electron chi connectivity index (χ0n) is 10.1. The van der Waals surface area contributed by atoms with Gasteiger partial charge in [0.15, 0.2) is 0 Å². The van der Waals surface area contributed by atoms with Crippen LogP contribution in [0.4, 0.5) is 0 Å². The fourth-order valence-corrected chi connectivity index (χ4v) is 2.14. The Morgan fingerprint density at radius 3 is 2.71 bits per heavy atom. The van der Waals surface area contributed by atoms with E-state index in [9.17, 15) is 0 Å². The summed E-state index contributed by atoms with van der Waals surface area (Å²) < 4.78 is 1.94. The van der Waals surface area contributed by atoms with Crippen molar-refractivity contribution in [2.45, 2.75) is 20.3 Å². The van der Waals surface area contributed by atoms with Gasteiger partial charge in [0.05, 0.1) is 11.4 Å². The van der Waals surface area contributed by atoms with Crippen LogP contribution in [0.15, 0.2) is 24.3 Å². The average Bonchev–Trinajstić information content (AvgIpc) is 2.60. The van der Waals surface area contributed by atoms with E-state index in [1.807, 2.05) is 36.7 Å². The summed E-state index contributed by atoms with van der Waals surface area (Å²) in [6, 6.07) is 7.89. The molecule has 2 rings (SSSR count). The summed E-state index contributed by atoms with van der Waals surface area (Å²) in [6.07, 6.45) is 0.806. The average molecular weight is 250 g/mol. The van der Waals surface area contributed by atoms with Crippen molar-refractivity contribution in [1.82, 2.24) is 9.78 Å². The molecule has 1 heterocycles. The summed E-state index contributed by atoms with van der Waals surface area (Å²) in [6.45, 7) is 4.70. The molecule has 0 bridgehead atoms. The summed E-state index contributed by atoms with van der Waals surface area (Å²) in [5.41, 5.74) is 9.86. The molecule has 0 radical (unpaired) electrons. The lowest BCUT2D eigenvalue weighted by Gasteiger charge is -2.08. The Balaban J connectivity index is 2.45. The molecule has 0 aliphatic rings. The molecule has 90 valence electrons. The van der Waals surface area contributed by atoms with Gasteiger partial charge in [-0.3, -0.25) is 0 Å². The minimum Gasteiger partial charge on any atom is -0.330 e. The van der Waals surface area contributed by atoms with Crippen LogP contribution in [0.2, 0.25) is 5.02 Å². The van der Waals surface area contributed by atoms with Crippen molar-refractivity contribution in [3.05, 3.63) is 46.2 Å². The summed E-state index contributed by atoms with van der Waals surface area (Å²) in [5.74, 6) is 0. The first kappa shape index (κ1) is 12.1. The number of aromatic nitrogens is 2. The molecule has 17 heavy (non-hydrogen) atoms. The highest BCUT2D eigenvalue weighted by Crippen LogP contribution is 2.20. The van der Waals surface area contributed by atoms with Crippen LogP contribution in [-0.2, 0) is 6.42 Å². The van der Waals surface area contributed by atoms with Crippen LogP contribution >= 0.6 is 11.6 Å². The van der Waals surface area contributed by atoms with Gasteiger partial charge in [-0.15, -0.1) is 0 Å². The normalized spacial score (nSPS) is 10.8. The highest BCUT2D eigenvalue weighted by Gasteiger charge is 2.08. The van der Waals surface area contributed by atoms with E-state index in [0.29, 0.717) is 6.54 Å². The van der Waals surface area contributed by atoms with E-state index in [2.05, 4.69) is 11.2 Å². The maximum Gasteiger partial charge on any atom is 0.0678 e. The van der Waals surface area contributed by atoms with Gasteiger partial charge in [0.1, 0.15) is 0 Å². The molecule has 1 aromatic carbocycles. The van der Waals surface area contributed by atoms with Crippen molar-refractivity contribution in [1.29, 1.82) is 0 Å². The lowest BCUT2D eigenvalue weighted by Crippen LogP contribution is -2.05. The molecule has 0 aliphatic heterocycles. The van der Waals surface area contributed by atoms with Gasteiger partial charge < -0.3 is 5.73 Å². The Morgan fingerprint density at radius 2 is 2.06 bits per heavy atom. The maximum absolute atomic E-state index is 5.95. The number of nitrogens with zero attached hydrogens (tertiary/aromatic N) is 2. The van der Waals surface area contributed by atoms with Crippen LogP contribution in [0.5, 0.6) is 0 Å². The van der Waals surface area contributed by atoms with Gasteiger partial charge in [-0.1, -0.05) is 11.6 Å². The van der Waals surface area contributed by atoms with Gasteiger partial charge in [-0.2, -0.15) is 5.10 Å². The topological polar surface area (TPSA) is 43.8 Å². The van der Waals surface area contributed by atoms with Crippen molar-refractivity contribution >= 4 is 11.6 Å². The van der Waals surface area contributed by atoms with E-state index in [0.717, 1.165) is 34.1 Å². The van der Waals surface area contributed by atoms with Crippen molar-refractivity contribution in [2.24, 2.45) is 5.73 Å². The smallest absolute Gasteiger partial charge is 0.0678 e. The number of hydrogen-bond acceptors (Lipinski definition) is 2. The number of benzene rings is 1. The molecule has 1 aromatic heterocycles. The molecule has 0 amide bonds. The zero-order chi connectivity index (χ0) is 12.4. The van der Waals surface area contributed by atoms with Crippen LogP contribution < -0.4 is 5.73 Å². The first-order chi connectivity index (χ1) is 8.11. The van der Waals surface area contributed by atoms with Crippen molar-refractivity contribution in [3.8, 4) is 5.69 Å². The SMILES string of the molecule is Cc1cc(Cl)ccc1-n1nc(CCN)cc1C. The third-order valence-electron chi connectivity index (χ3n) is 2.73. The molecule has 3 nitrogen and oxygen atoms in total. The Morgan fingerprint density at radius 1 is 1.29 bits per heavy atom. The summed E-state index contributed by atoms with van der Waals surface area (Å²) in [4.78, 5) is 0. The largest absolute Gasteiger partial charge is 0.330 e. The fourth-order valence-electron chi connectivity index (χ4n) is 1.91. The predicted molar refractivity (Wildman–Crippen MR) is 70.8 cm³/mol. The lowest BCUT2D eigenvalue weighted by molar-refractivity contribution is 0.800. The monoisotopic (exact) mass is 249 g/mol. The molecule has 0 aliphatic carbocycles. The Labute approximate surface area is 106 Å². The predicted octanol–water partition coefficient (Wildman–Crippen LogP) is 2.64. The second-order valence-electron chi connectivity index (χ2n) is 4.16. The third kappa shape index (κ3) is 2.51. The van der Waals surface area contributed by atoms with Crippen LogP contribution in [0, 0.1) is 13.8 Å². The van der Waals surface area contributed by atoms with E-state index in [-0.39, 0.29) is 0 Å². The van der Waals surface area contributed by atoms with Gasteiger partial charge in [-0.25, -0.2) is 4.68 Å². The number of hydrogen-bond donors (Lipinski definition) is 1. The molecule has 4 heteroatoms. The zero-order valence-corrected chi connectivity index (χ0v) is 10.8. The Hall–Kier alpha value is -1.32. The Bertz CT molecular complexity index is 531. The highest BCUT2D eigenvalue weighted by atomic mass is 35.5. The van der Waals surface area contributed by atoms with E-state index in [1.54, 1.807) is 0 Å².